The van der Waals surface area contributed by atoms with Gasteiger partial charge in [0.05, 0.1) is 11.4 Å². The first-order valence-corrected chi connectivity index (χ1v) is 32.5. The van der Waals surface area contributed by atoms with Crippen molar-refractivity contribution >= 4 is 34.1 Å². The fourth-order valence-corrected chi connectivity index (χ4v) is 12.4. The molecule has 0 spiro atoms. The number of hydrogen-bond acceptors (Lipinski definition) is 2. The van der Waals surface area contributed by atoms with Crippen LogP contribution in [0, 0.1) is 0 Å². The van der Waals surface area contributed by atoms with Gasteiger partial charge in [-0.15, -0.1) is 0 Å². The monoisotopic (exact) mass is 1200 g/mol. The predicted molar refractivity (Wildman–Crippen MR) is 403 cm³/mol. The highest BCUT2D eigenvalue weighted by Crippen LogP contribution is 2.47. The minimum Gasteiger partial charge on any atom is -0.310 e. The van der Waals surface area contributed by atoms with Crippen molar-refractivity contribution in [1.82, 2.24) is 0 Å². The third-order valence-corrected chi connectivity index (χ3v) is 16.9. The van der Waals surface area contributed by atoms with Crippen molar-refractivity contribution in [3.8, 4) is 100 Å². The summed E-state index contributed by atoms with van der Waals surface area (Å²) in [4.78, 5) is 4.82. The zero-order valence-corrected chi connectivity index (χ0v) is 53.0. The van der Waals surface area contributed by atoms with Crippen molar-refractivity contribution in [3.63, 3.8) is 0 Å². The molecule has 0 atom stereocenters. The number of rotatable bonds is 15. The van der Waals surface area contributed by atoms with Crippen molar-refractivity contribution in [1.29, 1.82) is 0 Å². The standard InChI is InChI=1S/C48H35N.C42H31N.C2H6/c1-5-17-36(18-6-1)40-25-15-27-45(34-40)49(46-28-16-26-41(35-46)37-19-7-2-8-20-37)48-30-14-13-29-47(48)44-32-42(38-21-9-3-10-22-38)31-43(33-44)39-23-11-4-12-24-39;1-5-16-32(17-6-1)36-24-15-25-39(29-36)43(42-27-14-13-26-41(42)35-22-11-4-12-23-35)40-30-37(33-18-7-2-8-19-33)28-38(31-40)34-20-9-3-10-21-34;1-2/h1-35H;1-31H;1-2H3. The van der Waals surface area contributed by atoms with Gasteiger partial charge in [0.25, 0.3) is 0 Å². The van der Waals surface area contributed by atoms with Gasteiger partial charge in [-0.25, -0.2) is 0 Å². The van der Waals surface area contributed by atoms with Crippen molar-refractivity contribution in [2.24, 2.45) is 0 Å². The number of nitrogens with zero attached hydrogens (tertiary/aromatic N) is 2. The molecule has 15 aromatic carbocycles. The molecule has 15 aromatic rings. The molecule has 0 radical (unpaired) electrons. The SMILES string of the molecule is CC.c1ccc(-c2cc(-c3ccccc3)cc(-c3ccccc3N(c3cccc(-c4ccccc4)c3)c3cccc(-c4ccccc4)c3)c2)cc1.c1ccc(-c2cccc(N(c3cc(-c4ccccc4)cc(-c4ccccc4)c3)c3ccccc3-c3ccccc3)c2)cc1. The van der Waals surface area contributed by atoms with Gasteiger partial charge in [0, 0.05) is 33.9 Å². The van der Waals surface area contributed by atoms with Crippen LogP contribution in [-0.4, -0.2) is 0 Å². The van der Waals surface area contributed by atoms with Gasteiger partial charge >= 0.3 is 0 Å². The number of para-hydroxylation sites is 2. The molecule has 0 aliphatic carbocycles. The van der Waals surface area contributed by atoms with Crippen LogP contribution in [0.15, 0.2) is 400 Å². The Labute approximate surface area is 554 Å². The molecule has 0 amide bonds. The fraction of sp³-hybridized carbons (Fsp3) is 0.0217. The minimum atomic E-state index is 1.10. The molecular weight excluding hydrogens is 1130 g/mol. The van der Waals surface area contributed by atoms with Crippen LogP contribution in [0.25, 0.3) is 100 Å². The Balaban J connectivity index is 0.000000168. The van der Waals surface area contributed by atoms with E-state index in [0.717, 1.165) is 39.7 Å². The van der Waals surface area contributed by atoms with Gasteiger partial charge in [-0.2, -0.15) is 0 Å². The van der Waals surface area contributed by atoms with Gasteiger partial charge in [0.2, 0.25) is 0 Å². The molecule has 450 valence electrons. The molecule has 0 saturated heterocycles. The van der Waals surface area contributed by atoms with E-state index in [1.165, 1.54) is 94.6 Å². The first-order chi connectivity index (χ1) is 46.6. The Bertz CT molecular complexity index is 4680. The van der Waals surface area contributed by atoms with Gasteiger partial charge < -0.3 is 9.80 Å². The van der Waals surface area contributed by atoms with Crippen molar-refractivity contribution < 1.29 is 0 Å². The van der Waals surface area contributed by atoms with Gasteiger partial charge in [0.15, 0.2) is 0 Å². The summed E-state index contributed by atoms with van der Waals surface area (Å²) >= 11 is 0. The lowest BCUT2D eigenvalue weighted by molar-refractivity contribution is 1.28. The maximum Gasteiger partial charge on any atom is 0.0540 e. The zero-order chi connectivity index (χ0) is 63.7. The lowest BCUT2D eigenvalue weighted by atomic mass is 9.92. The molecule has 2 nitrogen and oxygen atoms in total. The van der Waals surface area contributed by atoms with Crippen LogP contribution >= 0.6 is 0 Å². The number of anilines is 6. The second kappa shape index (κ2) is 29.7. The lowest BCUT2D eigenvalue weighted by Crippen LogP contribution is -2.11. The van der Waals surface area contributed by atoms with Crippen molar-refractivity contribution in [2.75, 3.05) is 9.80 Å². The molecule has 0 saturated carbocycles. The Hall–Kier alpha value is -12.1. The van der Waals surface area contributed by atoms with E-state index in [2.05, 4.69) is 410 Å². The van der Waals surface area contributed by atoms with Crippen LogP contribution in [-0.2, 0) is 0 Å². The molecule has 0 bridgehead atoms. The molecule has 94 heavy (non-hydrogen) atoms. The largest absolute Gasteiger partial charge is 0.310 e. The van der Waals surface area contributed by atoms with Crippen LogP contribution in [0.5, 0.6) is 0 Å². The normalized spacial score (nSPS) is 10.7. The Morgan fingerprint density at radius 1 is 0.138 bits per heavy atom. The summed E-state index contributed by atoms with van der Waals surface area (Å²) in [5, 5.41) is 0. The maximum atomic E-state index is 2.41. The molecule has 0 unspecified atom stereocenters. The summed E-state index contributed by atoms with van der Waals surface area (Å²) in [6.07, 6.45) is 0. The first kappa shape index (κ1) is 60.8. The Morgan fingerprint density at radius 2 is 0.340 bits per heavy atom. The highest BCUT2D eigenvalue weighted by atomic mass is 15.2. The van der Waals surface area contributed by atoms with Crippen molar-refractivity contribution in [3.05, 3.63) is 400 Å². The molecule has 0 heterocycles. The highest BCUT2D eigenvalue weighted by molar-refractivity contribution is 5.94. The van der Waals surface area contributed by atoms with Crippen LogP contribution in [0.1, 0.15) is 13.8 Å². The second-order valence-corrected chi connectivity index (χ2v) is 22.9. The van der Waals surface area contributed by atoms with Gasteiger partial charge in [-0.1, -0.05) is 329 Å². The van der Waals surface area contributed by atoms with Crippen LogP contribution in [0.3, 0.4) is 0 Å². The Morgan fingerprint density at radius 3 is 0.649 bits per heavy atom. The summed E-state index contributed by atoms with van der Waals surface area (Å²) < 4.78 is 0. The van der Waals surface area contributed by atoms with E-state index in [9.17, 15) is 0 Å². The van der Waals surface area contributed by atoms with E-state index in [0.29, 0.717) is 0 Å². The van der Waals surface area contributed by atoms with E-state index in [4.69, 9.17) is 0 Å². The first-order valence-electron chi connectivity index (χ1n) is 32.5. The molecule has 2 heteroatoms. The molecule has 0 fully saturated rings. The number of hydrogen-bond donors (Lipinski definition) is 0. The third kappa shape index (κ3) is 14.1. The Kier molecular flexibility index (Phi) is 19.2. The van der Waals surface area contributed by atoms with E-state index < -0.39 is 0 Å². The molecule has 0 N–H and O–H groups in total. The van der Waals surface area contributed by atoms with E-state index in [-0.39, 0.29) is 0 Å². The minimum absolute atomic E-state index is 1.10. The predicted octanol–water partition coefficient (Wildman–Crippen LogP) is 26.3. The molecule has 0 aliphatic rings. The van der Waals surface area contributed by atoms with E-state index in [1.807, 2.05) is 13.8 Å². The van der Waals surface area contributed by atoms with Gasteiger partial charge in [-0.3, -0.25) is 0 Å². The van der Waals surface area contributed by atoms with Crippen molar-refractivity contribution in [2.45, 2.75) is 13.8 Å². The maximum absolute atomic E-state index is 2.41. The molecular formula is C92H72N2. The smallest absolute Gasteiger partial charge is 0.0540 e. The molecule has 0 aliphatic heterocycles. The average molecular weight is 1210 g/mol. The summed E-state index contributed by atoms with van der Waals surface area (Å²) in [6, 6.07) is 143. The van der Waals surface area contributed by atoms with Crippen LogP contribution < -0.4 is 9.80 Å². The van der Waals surface area contributed by atoms with E-state index in [1.54, 1.807) is 0 Å². The van der Waals surface area contributed by atoms with Gasteiger partial charge in [0.1, 0.15) is 0 Å². The van der Waals surface area contributed by atoms with Crippen LogP contribution in [0.4, 0.5) is 34.1 Å². The fourth-order valence-electron chi connectivity index (χ4n) is 12.4. The average Bonchev–Trinajstić information content (AvgIpc) is 0.864. The van der Waals surface area contributed by atoms with Gasteiger partial charge in [-0.05, 0) is 174 Å². The molecule has 0 aromatic heterocycles. The van der Waals surface area contributed by atoms with E-state index >= 15 is 0 Å². The summed E-state index contributed by atoms with van der Waals surface area (Å²) in [6.45, 7) is 4.00. The highest BCUT2D eigenvalue weighted by Gasteiger charge is 2.22. The topological polar surface area (TPSA) is 6.48 Å². The zero-order valence-electron chi connectivity index (χ0n) is 53.0. The third-order valence-electron chi connectivity index (χ3n) is 16.9. The summed E-state index contributed by atoms with van der Waals surface area (Å²) in [5.41, 5.74) is 28.0. The summed E-state index contributed by atoms with van der Waals surface area (Å²) in [7, 11) is 0. The lowest BCUT2D eigenvalue weighted by Gasteiger charge is -2.29. The molecule has 15 rings (SSSR count). The van der Waals surface area contributed by atoms with Crippen LogP contribution in [0.2, 0.25) is 0 Å². The summed E-state index contributed by atoms with van der Waals surface area (Å²) in [5.74, 6) is 0. The second-order valence-electron chi connectivity index (χ2n) is 22.9. The number of benzene rings is 15. The quantitative estimate of drug-likeness (QED) is 0.101.